The van der Waals surface area contributed by atoms with Crippen LogP contribution in [0.4, 0.5) is 0 Å². The van der Waals surface area contributed by atoms with Gasteiger partial charge in [-0.2, -0.15) is 0 Å². The molecule has 0 N–H and O–H groups in total. The van der Waals surface area contributed by atoms with Crippen molar-refractivity contribution >= 4 is 11.3 Å². The Morgan fingerprint density at radius 2 is 1.30 bits per heavy atom. The number of hydrogen-bond donors (Lipinski definition) is 0. The molecule has 0 unspecified atom stereocenters. The second kappa shape index (κ2) is 10.3. The molecule has 5 nitrogen and oxygen atoms in total. The maximum Gasteiger partial charge on any atom is 0.203 e. The highest BCUT2D eigenvalue weighted by Crippen LogP contribution is 2.46. The van der Waals surface area contributed by atoms with Crippen LogP contribution in [0.5, 0.6) is 28.7 Å². The van der Waals surface area contributed by atoms with Crippen LogP contribution in [0.3, 0.4) is 0 Å². The largest absolute Gasteiger partial charge is 0.493 e. The summed E-state index contributed by atoms with van der Waals surface area (Å²) in [5.74, 6) is 3.20. The van der Waals surface area contributed by atoms with Crippen LogP contribution in [0.2, 0.25) is 0 Å². The molecule has 0 spiro atoms. The second-order valence-corrected chi connectivity index (χ2v) is 8.13. The zero-order chi connectivity index (χ0) is 23.2. The number of hydrogen-bond acceptors (Lipinski definition) is 6. The summed E-state index contributed by atoms with van der Waals surface area (Å²) in [6.07, 6.45) is 0. The van der Waals surface area contributed by atoms with Crippen LogP contribution in [0.25, 0.3) is 21.6 Å². The first-order valence-electron chi connectivity index (χ1n) is 10.4. The van der Waals surface area contributed by atoms with Crippen LogP contribution in [-0.4, -0.2) is 28.4 Å². The minimum atomic E-state index is 0.462. The van der Waals surface area contributed by atoms with Crippen LogP contribution in [0.1, 0.15) is 5.56 Å². The Bertz CT molecular complexity index is 1190. The van der Waals surface area contributed by atoms with Crippen molar-refractivity contribution in [2.45, 2.75) is 6.61 Å². The molecule has 0 fully saturated rings. The zero-order valence-electron chi connectivity index (χ0n) is 19.1. The van der Waals surface area contributed by atoms with Gasteiger partial charge in [-0.15, -0.1) is 11.3 Å². The predicted octanol–water partition coefficient (Wildman–Crippen LogP) is 6.70. The average molecular weight is 463 g/mol. The van der Waals surface area contributed by atoms with Gasteiger partial charge in [0.05, 0.1) is 28.4 Å². The van der Waals surface area contributed by atoms with E-state index in [9.17, 15) is 0 Å². The Morgan fingerprint density at radius 1 is 0.636 bits per heavy atom. The van der Waals surface area contributed by atoms with E-state index < -0.39 is 0 Å². The van der Waals surface area contributed by atoms with E-state index in [4.69, 9.17) is 23.7 Å². The average Bonchev–Trinajstić information content (AvgIpc) is 3.37. The van der Waals surface area contributed by atoms with E-state index in [0.717, 1.165) is 27.1 Å². The first-order valence-corrected chi connectivity index (χ1v) is 11.3. The number of thiophene rings is 1. The molecule has 6 heteroatoms. The lowest BCUT2D eigenvalue weighted by Crippen LogP contribution is -1.98. The van der Waals surface area contributed by atoms with Crippen molar-refractivity contribution in [3.63, 3.8) is 0 Å². The summed E-state index contributed by atoms with van der Waals surface area (Å²) in [4.78, 5) is 1.09. The molecular formula is C27H26O5S. The minimum absolute atomic E-state index is 0.462. The molecule has 4 rings (SSSR count). The molecule has 170 valence electrons. The molecule has 0 aliphatic rings. The van der Waals surface area contributed by atoms with Crippen LogP contribution in [0.15, 0.2) is 72.1 Å². The van der Waals surface area contributed by atoms with Crippen molar-refractivity contribution in [3.8, 4) is 50.3 Å². The Balaban J connectivity index is 1.72. The first kappa shape index (κ1) is 22.6. The van der Waals surface area contributed by atoms with Crippen LogP contribution in [-0.2, 0) is 6.61 Å². The van der Waals surface area contributed by atoms with E-state index in [0.29, 0.717) is 35.4 Å². The fraction of sp³-hybridized carbons (Fsp3) is 0.185. The van der Waals surface area contributed by atoms with Gasteiger partial charge in [-0.25, -0.2) is 0 Å². The van der Waals surface area contributed by atoms with Gasteiger partial charge in [0.1, 0.15) is 6.61 Å². The van der Waals surface area contributed by atoms with Gasteiger partial charge in [-0.1, -0.05) is 36.4 Å². The van der Waals surface area contributed by atoms with E-state index in [1.807, 2.05) is 60.7 Å². The summed E-state index contributed by atoms with van der Waals surface area (Å²) >= 11 is 1.65. The summed E-state index contributed by atoms with van der Waals surface area (Å²) < 4.78 is 28.2. The van der Waals surface area contributed by atoms with Gasteiger partial charge in [-0.3, -0.25) is 0 Å². The molecule has 3 aromatic carbocycles. The standard InChI is InChI=1S/C27H26O5S/c1-28-22-11-10-19(14-23(22)32-17-18-8-6-5-7-9-18)21-12-13-33-27(21)20-15-24(29-2)26(31-4)25(16-20)30-3/h5-16H,17H2,1-4H3. The van der Waals surface area contributed by atoms with Crippen LogP contribution < -0.4 is 23.7 Å². The number of benzene rings is 3. The Labute approximate surface area is 198 Å². The van der Waals surface area contributed by atoms with Crippen molar-refractivity contribution in [3.05, 3.63) is 77.7 Å². The maximum atomic E-state index is 6.12. The van der Waals surface area contributed by atoms with Crippen molar-refractivity contribution in [1.29, 1.82) is 0 Å². The molecular weight excluding hydrogens is 436 g/mol. The summed E-state index contributed by atoms with van der Waals surface area (Å²) in [6, 6.07) is 22.1. The first-order chi connectivity index (χ1) is 16.2. The molecule has 0 saturated heterocycles. The van der Waals surface area contributed by atoms with E-state index in [1.54, 1.807) is 39.8 Å². The normalized spacial score (nSPS) is 10.5. The van der Waals surface area contributed by atoms with Crippen molar-refractivity contribution in [2.75, 3.05) is 28.4 Å². The summed E-state index contributed by atoms with van der Waals surface area (Å²) in [7, 11) is 6.49. The molecule has 0 atom stereocenters. The number of rotatable bonds is 9. The summed E-state index contributed by atoms with van der Waals surface area (Å²) in [6.45, 7) is 0.462. The third-order valence-corrected chi connectivity index (χ3v) is 6.27. The fourth-order valence-electron chi connectivity index (χ4n) is 3.66. The smallest absolute Gasteiger partial charge is 0.203 e. The van der Waals surface area contributed by atoms with Gasteiger partial charge < -0.3 is 23.7 Å². The molecule has 0 radical (unpaired) electrons. The van der Waals surface area contributed by atoms with Crippen molar-refractivity contribution in [1.82, 2.24) is 0 Å². The monoisotopic (exact) mass is 462 g/mol. The lowest BCUT2D eigenvalue weighted by Gasteiger charge is -2.15. The number of ether oxygens (including phenoxy) is 5. The molecule has 0 bridgehead atoms. The van der Waals surface area contributed by atoms with E-state index in [2.05, 4.69) is 11.4 Å². The Hall–Kier alpha value is -3.64. The number of methoxy groups -OCH3 is 4. The maximum absolute atomic E-state index is 6.12. The molecule has 0 amide bonds. The third kappa shape index (κ3) is 4.76. The van der Waals surface area contributed by atoms with E-state index in [1.165, 1.54) is 0 Å². The van der Waals surface area contributed by atoms with Crippen molar-refractivity contribution in [2.24, 2.45) is 0 Å². The molecule has 4 aromatic rings. The molecule has 1 heterocycles. The van der Waals surface area contributed by atoms with E-state index >= 15 is 0 Å². The van der Waals surface area contributed by atoms with E-state index in [-0.39, 0.29) is 0 Å². The fourth-order valence-corrected chi connectivity index (χ4v) is 4.57. The van der Waals surface area contributed by atoms with Gasteiger partial charge in [0.2, 0.25) is 5.75 Å². The lowest BCUT2D eigenvalue weighted by atomic mass is 10.0. The Kier molecular flexibility index (Phi) is 7.05. The van der Waals surface area contributed by atoms with Gasteiger partial charge >= 0.3 is 0 Å². The SMILES string of the molecule is COc1ccc(-c2ccsc2-c2cc(OC)c(OC)c(OC)c2)cc1OCc1ccccc1. The predicted molar refractivity (Wildman–Crippen MR) is 132 cm³/mol. The lowest BCUT2D eigenvalue weighted by molar-refractivity contribution is 0.284. The van der Waals surface area contributed by atoms with Gasteiger partial charge in [0.25, 0.3) is 0 Å². The highest BCUT2D eigenvalue weighted by atomic mass is 32.1. The van der Waals surface area contributed by atoms with Gasteiger partial charge in [0.15, 0.2) is 23.0 Å². The third-order valence-electron chi connectivity index (χ3n) is 5.30. The van der Waals surface area contributed by atoms with Crippen molar-refractivity contribution < 1.29 is 23.7 Å². The topological polar surface area (TPSA) is 46.2 Å². The zero-order valence-corrected chi connectivity index (χ0v) is 19.9. The minimum Gasteiger partial charge on any atom is -0.493 e. The van der Waals surface area contributed by atoms with Gasteiger partial charge in [-0.05, 0) is 52.4 Å². The van der Waals surface area contributed by atoms with Crippen LogP contribution in [0, 0.1) is 0 Å². The summed E-state index contributed by atoms with van der Waals surface area (Å²) in [5, 5.41) is 2.07. The highest BCUT2D eigenvalue weighted by molar-refractivity contribution is 7.14. The van der Waals surface area contributed by atoms with Gasteiger partial charge in [0, 0.05) is 10.4 Å². The molecule has 0 aliphatic heterocycles. The second-order valence-electron chi connectivity index (χ2n) is 7.22. The molecule has 0 aliphatic carbocycles. The summed E-state index contributed by atoms with van der Waals surface area (Å²) in [5.41, 5.74) is 4.20. The molecule has 0 saturated carbocycles. The Morgan fingerprint density at radius 3 is 1.94 bits per heavy atom. The molecule has 33 heavy (non-hydrogen) atoms. The quantitative estimate of drug-likeness (QED) is 0.277. The van der Waals surface area contributed by atoms with Crippen LogP contribution >= 0.6 is 11.3 Å². The molecule has 1 aromatic heterocycles. The highest BCUT2D eigenvalue weighted by Gasteiger charge is 2.18.